The lowest BCUT2D eigenvalue weighted by molar-refractivity contribution is 0.0936. The Labute approximate surface area is 94.3 Å². The van der Waals surface area contributed by atoms with Gasteiger partial charge in [-0.3, -0.25) is 9.89 Å². The maximum atomic E-state index is 11.6. The van der Waals surface area contributed by atoms with Crippen LogP contribution < -0.4 is 5.32 Å². The first-order chi connectivity index (χ1) is 7.75. The number of carbonyl (C=O) groups excluding carboxylic acids is 1. The summed E-state index contributed by atoms with van der Waals surface area (Å²) in [6.45, 7) is 2.48. The highest BCUT2D eigenvalue weighted by Crippen LogP contribution is 2.16. The number of rotatable bonds is 3. The monoisotopic (exact) mass is 220 g/mol. The van der Waals surface area contributed by atoms with Crippen molar-refractivity contribution in [1.29, 1.82) is 0 Å². The molecule has 1 unspecified atom stereocenters. The molecule has 2 rings (SSSR count). The number of aromatic amines is 1. The van der Waals surface area contributed by atoms with Gasteiger partial charge < -0.3 is 5.32 Å². The molecular weight excluding hydrogens is 204 g/mol. The fourth-order valence-corrected chi connectivity index (χ4v) is 1.80. The van der Waals surface area contributed by atoms with E-state index in [1.165, 1.54) is 0 Å². The van der Waals surface area contributed by atoms with Crippen molar-refractivity contribution in [2.24, 2.45) is 5.92 Å². The lowest BCUT2D eigenvalue weighted by Gasteiger charge is -2.17. The van der Waals surface area contributed by atoms with Crippen LogP contribution in [-0.4, -0.2) is 27.6 Å². The molecule has 0 saturated heterocycles. The zero-order valence-electron chi connectivity index (χ0n) is 9.36. The first-order valence-corrected chi connectivity index (χ1v) is 5.58. The van der Waals surface area contributed by atoms with Gasteiger partial charge in [-0.2, -0.15) is 0 Å². The van der Waals surface area contributed by atoms with Crippen molar-refractivity contribution < 1.29 is 4.79 Å². The third kappa shape index (κ3) is 2.68. The van der Waals surface area contributed by atoms with Crippen LogP contribution in [0.25, 0.3) is 0 Å². The van der Waals surface area contributed by atoms with E-state index in [2.05, 4.69) is 32.7 Å². The maximum Gasteiger partial charge on any atom is 0.290 e. The number of amides is 1. The van der Waals surface area contributed by atoms with E-state index in [-0.39, 0.29) is 11.7 Å². The van der Waals surface area contributed by atoms with Crippen LogP contribution in [0.5, 0.6) is 0 Å². The standard InChI is InChI=1S/C11H16N4O/c1-8-13-10(15-14-8)11(16)12-7-9-5-3-2-4-6-9/h2-3,9H,4-7H2,1H3,(H,12,16)(H,13,14,15). The lowest BCUT2D eigenvalue weighted by Crippen LogP contribution is -2.30. The van der Waals surface area contributed by atoms with Crippen LogP contribution in [0, 0.1) is 12.8 Å². The molecule has 2 N–H and O–H groups in total. The lowest BCUT2D eigenvalue weighted by atomic mass is 9.94. The van der Waals surface area contributed by atoms with Crippen molar-refractivity contribution >= 4 is 5.91 Å². The van der Waals surface area contributed by atoms with Crippen LogP contribution in [0.3, 0.4) is 0 Å². The van der Waals surface area contributed by atoms with E-state index < -0.39 is 0 Å². The zero-order chi connectivity index (χ0) is 11.4. The molecular formula is C11H16N4O. The highest BCUT2D eigenvalue weighted by atomic mass is 16.2. The molecule has 1 aliphatic carbocycles. The van der Waals surface area contributed by atoms with Gasteiger partial charge in [0.1, 0.15) is 5.82 Å². The van der Waals surface area contributed by atoms with Crippen LogP contribution >= 0.6 is 0 Å². The molecule has 0 spiro atoms. The molecule has 0 aromatic carbocycles. The molecule has 1 aromatic rings. The van der Waals surface area contributed by atoms with E-state index in [4.69, 9.17) is 0 Å². The Kier molecular flexibility index (Phi) is 3.34. The van der Waals surface area contributed by atoms with Crippen LogP contribution in [0.2, 0.25) is 0 Å². The Morgan fingerprint density at radius 3 is 3.12 bits per heavy atom. The van der Waals surface area contributed by atoms with E-state index in [0.29, 0.717) is 18.3 Å². The van der Waals surface area contributed by atoms with Gasteiger partial charge in [-0.05, 0) is 32.1 Å². The van der Waals surface area contributed by atoms with Crippen molar-refractivity contribution in [2.45, 2.75) is 26.2 Å². The van der Waals surface area contributed by atoms with Crippen LogP contribution in [0.1, 0.15) is 35.7 Å². The topological polar surface area (TPSA) is 70.7 Å². The second-order valence-corrected chi connectivity index (χ2v) is 4.10. The molecule has 0 aliphatic heterocycles. The number of hydrogen-bond acceptors (Lipinski definition) is 3. The Morgan fingerprint density at radius 1 is 1.62 bits per heavy atom. The van der Waals surface area contributed by atoms with Crippen molar-refractivity contribution in [1.82, 2.24) is 20.5 Å². The van der Waals surface area contributed by atoms with Crippen LogP contribution in [-0.2, 0) is 0 Å². The number of nitrogens with zero attached hydrogens (tertiary/aromatic N) is 2. The Balaban J connectivity index is 1.81. The summed E-state index contributed by atoms with van der Waals surface area (Å²) in [5.74, 6) is 1.24. The van der Waals surface area contributed by atoms with Gasteiger partial charge in [-0.1, -0.05) is 12.2 Å². The predicted molar refractivity (Wildman–Crippen MR) is 59.9 cm³/mol. The summed E-state index contributed by atoms with van der Waals surface area (Å²) in [5, 5.41) is 9.34. The first kappa shape index (κ1) is 10.9. The largest absolute Gasteiger partial charge is 0.349 e. The molecule has 0 fully saturated rings. The van der Waals surface area contributed by atoms with E-state index in [1.54, 1.807) is 6.92 Å². The molecule has 0 radical (unpaired) electrons. The molecule has 86 valence electrons. The zero-order valence-corrected chi connectivity index (χ0v) is 9.36. The molecule has 16 heavy (non-hydrogen) atoms. The summed E-state index contributed by atoms with van der Waals surface area (Å²) in [6.07, 6.45) is 7.67. The van der Waals surface area contributed by atoms with Gasteiger partial charge in [0.05, 0.1) is 0 Å². The van der Waals surface area contributed by atoms with Crippen molar-refractivity contribution in [3.63, 3.8) is 0 Å². The molecule has 1 aromatic heterocycles. The quantitative estimate of drug-likeness (QED) is 0.752. The van der Waals surface area contributed by atoms with E-state index in [9.17, 15) is 4.79 Å². The Morgan fingerprint density at radius 2 is 2.50 bits per heavy atom. The summed E-state index contributed by atoms with van der Waals surface area (Å²) in [5.41, 5.74) is 0. The fourth-order valence-electron chi connectivity index (χ4n) is 1.80. The van der Waals surface area contributed by atoms with Gasteiger partial charge in [0.25, 0.3) is 5.91 Å². The molecule has 0 bridgehead atoms. The summed E-state index contributed by atoms with van der Waals surface area (Å²) >= 11 is 0. The van der Waals surface area contributed by atoms with E-state index >= 15 is 0 Å². The Bertz CT molecular complexity index is 396. The molecule has 1 heterocycles. The first-order valence-electron chi connectivity index (χ1n) is 5.58. The highest BCUT2D eigenvalue weighted by Gasteiger charge is 2.14. The highest BCUT2D eigenvalue weighted by molar-refractivity contribution is 5.90. The van der Waals surface area contributed by atoms with Crippen LogP contribution in [0.4, 0.5) is 0 Å². The molecule has 1 aliphatic rings. The molecule has 5 heteroatoms. The fraction of sp³-hybridized carbons (Fsp3) is 0.545. The molecule has 1 amide bonds. The number of hydrogen-bond donors (Lipinski definition) is 2. The summed E-state index contributed by atoms with van der Waals surface area (Å²) in [4.78, 5) is 15.6. The molecule has 5 nitrogen and oxygen atoms in total. The van der Waals surface area contributed by atoms with Gasteiger partial charge in [0.2, 0.25) is 5.82 Å². The second-order valence-electron chi connectivity index (χ2n) is 4.10. The van der Waals surface area contributed by atoms with Gasteiger partial charge in [0, 0.05) is 6.54 Å². The van der Waals surface area contributed by atoms with Crippen molar-refractivity contribution in [3.05, 3.63) is 23.8 Å². The minimum atomic E-state index is -0.195. The minimum absolute atomic E-state index is 0.195. The van der Waals surface area contributed by atoms with E-state index in [0.717, 1.165) is 19.3 Å². The minimum Gasteiger partial charge on any atom is -0.349 e. The average Bonchev–Trinajstić information content (AvgIpc) is 2.74. The molecule has 0 saturated carbocycles. The summed E-state index contributed by atoms with van der Waals surface area (Å²) < 4.78 is 0. The third-order valence-electron chi connectivity index (χ3n) is 2.73. The number of allylic oxidation sites excluding steroid dienone is 2. The van der Waals surface area contributed by atoms with Crippen LogP contribution in [0.15, 0.2) is 12.2 Å². The maximum absolute atomic E-state index is 11.6. The SMILES string of the molecule is Cc1nc(C(=O)NCC2CC=CCC2)n[nH]1. The van der Waals surface area contributed by atoms with Gasteiger partial charge in [-0.15, -0.1) is 5.10 Å². The van der Waals surface area contributed by atoms with Crippen molar-refractivity contribution in [2.75, 3.05) is 6.54 Å². The molecule has 1 atom stereocenters. The summed E-state index contributed by atoms with van der Waals surface area (Å²) in [6, 6.07) is 0. The number of aryl methyl sites for hydroxylation is 1. The average molecular weight is 220 g/mol. The predicted octanol–water partition coefficient (Wildman–Crippen LogP) is 1.20. The smallest absolute Gasteiger partial charge is 0.290 e. The number of H-pyrrole nitrogens is 1. The second kappa shape index (κ2) is 4.92. The Hall–Kier alpha value is -1.65. The van der Waals surface area contributed by atoms with Crippen molar-refractivity contribution in [3.8, 4) is 0 Å². The number of aromatic nitrogens is 3. The van der Waals surface area contributed by atoms with Gasteiger partial charge in [-0.25, -0.2) is 4.98 Å². The van der Waals surface area contributed by atoms with E-state index in [1.807, 2.05) is 0 Å². The third-order valence-corrected chi connectivity index (χ3v) is 2.73. The number of carbonyl (C=O) groups is 1. The van der Waals surface area contributed by atoms with Gasteiger partial charge in [0.15, 0.2) is 0 Å². The normalized spacial score (nSPS) is 19.7. The summed E-state index contributed by atoms with van der Waals surface area (Å²) in [7, 11) is 0. The number of nitrogens with one attached hydrogen (secondary N) is 2. The van der Waals surface area contributed by atoms with Gasteiger partial charge >= 0.3 is 0 Å².